The number of methoxy groups -OCH3 is 1. The summed E-state index contributed by atoms with van der Waals surface area (Å²) in [5.74, 6) is 1.61. The summed E-state index contributed by atoms with van der Waals surface area (Å²) in [6, 6.07) is 12.1. The number of hydrogen-bond donors (Lipinski definition) is 1. The molecule has 1 atom stereocenters. The van der Waals surface area contributed by atoms with Crippen LogP contribution in [-0.2, 0) is 10.3 Å². The number of amidine groups is 1. The van der Waals surface area contributed by atoms with Crippen LogP contribution in [0.4, 0.5) is 0 Å². The van der Waals surface area contributed by atoms with Crippen LogP contribution in [0.25, 0.3) is 0 Å². The van der Waals surface area contributed by atoms with Gasteiger partial charge in [-0.2, -0.15) is 0 Å². The third-order valence-corrected chi connectivity index (χ3v) is 4.72. The molecule has 25 heavy (non-hydrogen) atoms. The molecule has 5 nitrogen and oxygen atoms in total. The summed E-state index contributed by atoms with van der Waals surface area (Å²) in [5.41, 5.74) is 8.14. The quantitative estimate of drug-likeness (QED) is 0.823. The Hall–Kier alpha value is -2.21. The number of hydrogen-bond acceptors (Lipinski definition) is 5. The molecule has 1 aliphatic heterocycles. The molecule has 2 aromatic rings. The molecule has 0 radical (unpaired) electrons. The Morgan fingerprint density at radius 3 is 2.64 bits per heavy atom. The standard InChI is InChI=1S/C19H21BrN2O3/c1-4-24-16-9-14(8-15(20)10-16)19(11-25-18(21)22-19)13-5-6-17(23-3)12(2)7-13/h5-10H,4,11H2,1-3H3,(H2,21,22)/t19-/m0/s1. The van der Waals surface area contributed by atoms with Crippen LogP contribution in [0.5, 0.6) is 11.5 Å². The second-order valence-corrected chi connectivity index (χ2v) is 6.81. The fourth-order valence-corrected chi connectivity index (χ4v) is 3.55. The van der Waals surface area contributed by atoms with Gasteiger partial charge < -0.3 is 19.9 Å². The van der Waals surface area contributed by atoms with Crippen LogP contribution < -0.4 is 15.2 Å². The predicted octanol–water partition coefficient (Wildman–Crippen LogP) is 3.75. The molecule has 6 heteroatoms. The average molecular weight is 405 g/mol. The largest absolute Gasteiger partial charge is 0.496 e. The summed E-state index contributed by atoms with van der Waals surface area (Å²) >= 11 is 3.56. The summed E-state index contributed by atoms with van der Waals surface area (Å²) in [6.45, 7) is 4.89. The lowest BCUT2D eigenvalue weighted by atomic mass is 9.83. The topological polar surface area (TPSA) is 66.1 Å². The van der Waals surface area contributed by atoms with Crippen molar-refractivity contribution in [2.45, 2.75) is 19.4 Å². The lowest BCUT2D eigenvalue weighted by molar-refractivity contribution is 0.277. The summed E-state index contributed by atoms with van der Waals surface area (Å²) < 4.78 is 17.5. The van der Waals surface area contributed by atoms with E-state index in [1.165, 1.54) is 0 Å². The number of benzene rings is 2. The van der Waals surface area contributed by atoms with E-state index in [9.17, 15) is 0 Å². The van der Waals surface area contributed by atoms with E-state index in [0.29, 0.717) is 13.2 Å². The van der Waals surface area contributed by atoms with Crippen LogP contribution in [0, 0.1) is 6.92 Å². The lowest BCUT2D eigenvalue weighted by Gasteiger charge is -2.26. The first-order chi connectivity index (χ1) is 12.0. The number of rotatable bonds is 5. The van der Waals surface area contributed by atoms with Crippen LogP contribution in [0.1, 0.15) is 23.6 Å². The zero-order chi connectivity index (χ0) is 18.0. The van der Waals surface area contributed by atoms with Crippen molar-refractivity contribution in [1.82, 2.24) is 0 Å². The van der Waals surface area contributed by atoms with Crippen molar-refractivity contribution in [3.8, 4) is 11.5 Å². The molecule has 1 aliphatic rings. The Labute approximate surface area is 155 Å². The van der Waals surface area contributed by atoms with Crippen LogP contribution in [0.3, 0.4) is 0 Å². The van der Waals surface area contributed by atoms with Crippen molar-refractivity contribution < 1.29 is 14.2 Å². The number of nitrogens with zero attached hydrogens (tertiary/aromatic N) is 1. The van der Waals surface area contributed by atoms with E-state index in [1.807, 2.05) is 44.2 Å². The van der Waals surface area contributed by atoms with Crippen molar-refractivity contribution in [1.29, 1.82) is 0 Å². The second kappa shape index (κ2) is 6.96. The monoisotopic (exact) mass is 404 g/mol. The first kappa shape index (κ1) is 17.6. The molecule has 0 unspecified atom stereocenters. The normalized spacial score (nSPS) is 19.3. The summed E-state index contributed by atoms with van der Waals surface area (Å²) in [4.78, 5) is 4.65. The third kappa shape index (κ3) is 3.31. The Balaban J connectivity index is 2.17. The maximum Gasteiger partial charge on any atom is 0.283 e. The van der Waals surface area contributed by atoms with E-state index in [4.69, 9.17) is 19.9 Å². The Kier molecular flexibility index (Phi) is 4.90. The highest BCUT2D eigenvalue weighted by Crippen LogP contribution is 2.41. The van der Waals surface area contributed by atoms with E-state index < -0.39 is 5.54 Å². The van der Waals surface area contributed by atoms with Crippen LogP contribution in [-0.4, -0.2) is 26.3 Å². The molecule has 0 fully saturated rings. The minimum Gasteiger partial charge on any atom is -0.496 e. The molecule has 0 saturated carbocycles. The summed E-state index contributed by atoms with van der Waals surface area (Å²) in [6.07, 6.45) is 0. The molecular formula is C19H21BrN2O3. The fraction of sp³-hybridized carbons (Fsp3) is 0.316. The van der Waals surface area contributed by atoms with Gasteiger partial charge in [-0.05, 0) is 60.9 Å². The number of halogens is 1. The SMILES string of the molecule is CCOc1cc(Br)cc([C@@]2(c3ccc(OC)c(C)c3)COC(N)=N2)c1. The molecule has 0 bridgehead atoms. The van der Waals surface area contributed by atoms with Gasteiger partial charge in [-0.25, -0.2) is 4.99 Å². The minimum absolute atomic E-state index is 0.186. The molecule has 3 rings (SSSR count). The van der Waals surface area contributed by atoms with Crippen LogP contribution in [0.15, 0.2) is 45.9 Å². The van der Waals surface area contributed by atoms with Crippen molar-refractivity contribution in [3.63, 3.8) is 0 Å². The maximum atomic E-state index is 5.87. The smallest absolute Gasteiger partial charge is 0.283 e. The molecule has 132 valence electrons. The van der Waals surface area contributed by atoms with Gasteiger partial charge in [0.2, 0.25) is 0 Å². The first-order valence-electron chi connectivity index (χ1n) is 8.05. The number of aliphatic imine (C=N–C) groups is 1. The van der Waals surface area contributed by atoms with E-state index in [-0.39, 0.29) is 6.02 Å². The molecule has 0 aliphatic carbocycles. The van der Waals surface area contributed by atoms with Gasteiger partial charge in [-0.1, -0.05) is 22.0 Å². The lowest BCUT2D eigenvalue weighted by Crippen LogP contribution is -2.27. The fourth-order valence-electron chi connectivity index (χ4n) is 3.08. The van der Waals surface area contributed by atoms with Crippen molar-refractivity contribution in [2.24, 2.45) is 10.7 Å². The molecule has 0 aromatic heterocycles. The van der Waals surface area contributed by atoms with Crippen molar-refractivity contribution in [3.05, 3.63) is 57.6 Å². The molecular weight excluding hydrogens is 384 g/mol. The van der Waals surface area contributed by atoms with Crippen LogP contribution >= 0.6 is 15.9 Å². The van der Waals surface area contributed by atoms with Crippen molar-refractivity contribution in [2.75, 3.05) is 20.3 Å². The first-order valence-corrected chi connectivity index (χ1v) is 8.85. The Morgan fingerprint density at radius 2 is 2.04 bits per heavy atom. The van der Waals surface area contributed by atoms with Gasteiger partial charge in [0.15, 0.2) is 5.54 Å². The zero-order valence-corrected chi connectivity index (χ0v) is 16.1. The highest BCUT2D eigenvalue weighted by Gasteiger charge is 2.40. The van der Waals surface area contributed by atoms with E-state index in [2.05, 4.69) is 27.0 Å². The van der Waals surface area contributed by atoms with Gasteiger partial charge in [0.05, 0.1) is 13.7 Å². The maximum absolute atomic E-state index is 5.87. The molecule has 0 amide bonds. The summed E-state index contributed by atoms with van der Waals surface area (Å²) in [7, 11) is 1.66. The number of ether oxygens (including phenoxy) is 3. The molecule has 0 spiro atoms. The van der Waals surface area contributed by atoms with Crippen LogP contribution in [0.2, 0.25) is 0 Å². The predicted molar refractivity (Wildman–Crippen MR) is 101 cm³/mol. The second-order valence-electron chi connectivity index (χ2n) is 5.89. The van der Waals surface area contributed by atoms with Gasteiger partial charge in [-0.3, -0.25) is 0 Å². The number of nitrogens with two attached hydrogens (primary N) is 1. The Bertz CT molecular complexity index is 822. The molecule has 1 heterocycles. The van der Waals surface area contributed by atoms with E-state index in [0.717, 1.165) is 32.7 Å². The highest BCUT2D eigenvalue weighted by atomic mass is 79.9. The zero-order valence-electron chi connectivity index (χ0n) is 14.5. The molecule has 2 N–H and O–H groups in total. The average Bonchev–Trinajstić information content (AvgIpc) is 2.98. The Morgan fingerprint density at radius 1 is 1.24 bits per heavy atom. The molecule has 0 saturated heterocycles. The van der Waals surface area contributed by atoms with Gasteiger partial charge in [-0.15, -0.1) is 0 Å². The van der Waals surface area contributed by atoms with Gasteiger partial charge in [0.25, 0.3) is 6.02 Å². The van der Waals surface area contributed by atoms with Crippen molar-refractivity contribution >= 4 is 22.0 Å². The summed E-state index contributed by atoms with van der Waals surface area (Å²) in [5, 5.41) is 0. The minimum atomic E-state index is -0.712. The number of aryl methyl sites for hydroxylation is 1. The van der Waals surface area contributed by atoms with E-state index >= 15 is 0 Å². The van der Waals surface area contributed by atoms with Gasteiger partial charge in [0, 0.05) is 4.47 Å². The third-order valence-electron chi connectivity index (χ3n) is 4.26. The van der Waals surface area contributed by atoms with E-state index in [1.54, 1.807) is 7.11 Å². The van der Waals surface area contributed by atoms with Gasteiger partial charge >= 0.3 is 0 Å². The highest BCUT2D eigenvalue weighted by molar-refractivity contribution is 9.10. The molecule has 2 aromatic carbocycles. The van der Waals surface area contributed by atoms with Gasteiger partial charge in [0.1, 0.15) is 18.1 Å².